The van der Waals surface area contributed by atoms with Gasteiger partial charge in [0.1, 0.15) is 5.01 Å². The Morgan fingerprint density at radius 1 is 1.56 bits per heavy atom. The Morgan fingerprint density at radius 2 is 2.44 bits per heavy atom. The number of hydrogen-bond acceptors (Lipinski definition) is 4. The molecule has 1 atom stereocenters. The van der Waals surface area contributed by atoms with Crippen LogP contribution in [0.3, 0.4) is 0 Å². The number of aromatic nitrogens is 1. The van der Waals surface area contributed by atoms with E-state index in [4.69, 9.17) is 0 Å². The van der Waals surface area contributed by atoms with Crippen molar-refractivity contribution in [2.75, 3.05) is 19.6 Å². The molecule has 0 aliphatic carbocycles. The average molecular weight is 267 g/mol. The Hall–Kier alpha value is -0.450. The summed E-state index contributed by atoms with van der Waals surface area (Å²) in [6, 6.07) is 0.697. The molecule has 18 heavy (non-hydrogen) atoms. The van der Waals surface area contributed by atoms with E-state index < -0.39 is 0 Å². The highest BCUT2D eigenvalue weighted by Gasteiger charge is 2.18. The Labute approximate surface area is 115 Å². The van der Waals surface area contributed by atoms with Gasteiger partial charge in [-0.3, -0.25) is 4.90 Å². The second kappa shape index (κ2) is 7.22. The van der Waals surface area contributed by atoms with Crippen LogP contribution in [-0.4, -0.2) is 35.6 Å². The first-order chi connectivity index (χ1) is 8.78. The van der Waals surface area contributed by atoms with E-state index in [0.29, 0.717) is 6.04 Å². The minimum absolute atomic E-state index is 0.697. The van der Waals surface area contributed by atoms with Crippen LogP contribution in [0.4, 0.5) is 0 Å². The second-order valence-electron chi connectivity index (χ2n) is 5.26. The molecule has 0 amide bonds. The van der Waals surface area contributed by atoms with Crippen molar-refractivity contribution in [3.05, 3.63) is 16.1 Å². The zero-order chi connectivity index (χ0) is 12.8. The van der Waals surface area contributed by atoms with Gasteiger partial charge in [0, 0.05) is 23.7 Å². The van der Waals surface area contributed by atoms with Crippen LogP contribution in [0.15, 0.2) is 5.38 Å². The van der Waals surface area contributed by atoms with Gasteiger partial charge in [-0.25, -0.2) is 4.98 Å². The molecule has 1 aromatic rings. The van der Waals surface area contributed by atoms with Gasteiger partial charge in [0.2, 0.25) is 0 Å². The van der Waals surface area contributed by atoms with Crippen LogP contribution in [0.1, 0.15) is 43.3 Å². The third-order valence-corrected chi connectivity index (χ3v) is 4.45. The van der Waals surface area contributed by atoms with Crippen LogP contribution >= 0.6 is 11.3 Å². The van der Waals surface area contributed by atoms with E-state index in [9.17, 15) is 0 Å². The number of unbranched alkanes of at least 4 members (excludes halogenated alkanes) is 1. The molecule has 0 radical (unpaired) electrons. The van der Waals surface area contributed by atoms with E-state index in [1.54, 1.807) is 11.3 Å². The van der Waals surface area contributed by atoms with Gasteiger partial charge in [0.05, 0.1) is 6.54 Å². The number of thiazole rings is 1. The van der Waals surface area contributed by atoms with Crippen molar-refractivity contribution in [3.8, 4) is 0 Å². The van der Waals surface area contributed by atoms with Gasteiger partial charge in [0.25, 0.3) is 0 Å². The van der Waals surface area contributed by atoms with E-state index in [0.717, 1.165) is 12.2 Å². The summed E-state index contributed by atoms with van der Waals surface area (Å²) in [5, 5.41) is 7.02. The van der Waals surface area contributed by atoms with E-state index in [2.05, 4.69) is 34.4 Å². The molecule has 102 valence electrons. The standard InChI is InChI=1S/C14H25N3S/c1-3-4-8-17(9-13-6-5-7-15-13)10-14-16-12(2)11-18-14/h11,13,15H,3-10H2,1-2H3. The molecule has 1 saturated heterocycles. The number of aryl methyl sites for hydroxylation is 1. The highest BCUT2D eigenvalue weighted by atomic mass is 32.1. The summed E-state index contributed by atoms with van der Waals surface area (Å²) in [7, 11) is 0. The normalized spacial score (nSPS) is 19.8. The minimum atomic E-state index is 0.697. The lowest BCUT2D eigenvalue weighted by Gasteiger charge is -2.24. The average Bonchev–Trinajstić information content (AvgIpc) is 2.98. The van der Waals surface area contributed by atoms with Crippen molar-refractivity contribution in [1.82, 2.24) is 15.2 Å². The summed E-state index contributed by atoms with van der Waals surface area (Å²) in [6.07, 6.45) is 5.23. The molecular weight excluding hydrogens is 242 g/mol. The van der Waals surface area contributed by atoms with Crippen LogP contribution in [0, 0.1) is 6.92 Å². The molecule has 1 aromatic heterocycles. The molecule has 0 saturated carbocycles. The van der Waals surface area contributed by atoms with Crippen LogP contribution < -0.4 is 5.32 Å². The molecule has 1 fully saturated rings. The van der Waals surface area contributed by atoms with Crippen molar-refractivity contribution in [3.63, 3.8) is 0 Å². The molecule has 1 aliphatic rings. The lowest BCUT2D eigenvalue weighted by molar-refractivity contribution is 0.237. The SMILES string of the molecule is CCCCN(Cc1nc(C)cs1)CC1CCCN1. The number of hydrogen-bond donors (Lipinski definition) is 1. The Morgan fingerprint density at radius 3 is 3.06 bits per heavy atom. The van der Waals surface area contributed by atoms with Gasteiger partial charge < -0.3 is 5.32 Å². The summed E-state index contributed by atoms with van der Waals surface area (Å²) >= 11 is 1.80. The number of rotatable bonds is 7. The molecule has 1 aliphatic heterocycles. The highest BCUT2D eigenvalue weighted by Crippen LogP contribution is 2.14. The molecule has 3 nitrogen and oxygen atoms in total. The fourth-order valence-electron chi connectivity index (χ4n) is 2.51. The van der Waals surface area contributed by atoms with Gasteiger partial charge in [-0.05, 0) is 39.3 Å². The van der Waals surface area contributed by atoms with Crippen molar-refractivity contribution in [2.45, 2.75) is 52.1 Å². The van der Waals surface area contributed by atoms with E-state index in [1.807, 2.05) is 0 Å². The largest absolute Gasteiger partial charge is 0.313 e. The zero-order valence-electron chi connectivity index (χ0n) is 11.6. The highest BCUT2D eigenvalue weighted by molar-refractivity contribution is 7.09. The van der Waals surface area contributed by atoms with Crippen LogP contribution in [-0.2, 0) is 6.54 Å². The molecule has 2 heterocycles. The Bertz CT molecular complexity index is 345. The molecule has 2 rings (SSSR count). The van der Waals surface area contributed by atoms with Gasteiger partial charge in [-0.2, -0.15) is 0 Å². The van der Waals surface area contributed by atoms with E-state index >= 15 is 0 Å². The summed E-state index contributed by atoms with van der Waals surface area (Å²) in [4.78, 5) is 7.16. The van der Waals surface area contributed by atoms with Gasteiger partial charge in [-0.15, -0.1) is 11.3 Å². The van der Waals surface area contributed by atoms with Crippen molar-refractivity contribution < 1.29 is 0 Å². The maximum Gasteiger partial charge on any atom is 0.107 e. The Kier molecular flexibility index (Phi) is 5.60. The molecular formula is C14H25N3S. The fourth-order valence-corrected chi connectivity index (χ4v) is 3.32. The quantitative estimate of drug-likeness (QED) is 0.823. The van der Waals surface area contributed by atoms with E-state index in [-0.39, 0.29) is 0 Å². The summed E-state index contributed by atoms with van der Waals surface area (Å²) < 4.78 is 0. The predicted octanol–water partition coefficient (Wildman–Crippen LogP) is 2.81. The minimum Gasteiger partial charge on any atom is -0.313 e. The number of nitrogens with one attached hydrogen (secondary N) is 1. The van der Waals surface area contributed by atoms with Gasteiger partial charge in [0.15, 0.2) is 0 Å². The molecule has 0 spiro atoms. The zero-order valence-corrected chi connectivity index (χ0v) is 12.4. The van der Waals surface area contributed by atoms with Crippen LogP contribution in [0.2, 0.25) is 0 Å². The first-order valence-electron chi connectivity index (χ1n) is 7.14. The lowest BCUT2D eigenvalue weighted by atomic mass is 10.2. The summed E-state index contributed by atoms with van der Waals surface area (Å²) in [5.74, 6) is 0. The third kappa shape index (κ3) is 4.34. The number of nitrogens with zero attached hydrogens (tertiary/aromatic N) is 2. The predicted molar refractivity (Wildman–Crippen MR) is 78.1 cm³/mol. The van der Waals surface area contributed by atoms with Crippen LogP contribution in [0.25, 0.3) is 0 Å². The third-order valence-electron chi connectivity index (χ3n) is 3.49. The maximum absolute atomic E-state index is 4.59. The van der Waals surface area contributed by atoms with Crippen molar-refractivity contribution in [2.24, 2.45) is 0 Å². The molecule has 4 heteroatoms. The van der Waals surface area contributed by atoms with Gasteiger partial charge >= 0.3 is 0 Å². The Balaban J connectivity index is 1.86. The molecule has 1 N–H and O–H groups in total. The monoisotopic (exact) mass is 267 g/mol. The second-order valence-corrected chi connectivity index (χ2v) is 6.21. The summed E-state index contributed by atoms with van der Waals surface area (Å²) in [6.45, 7) is 8.94. The lowest BCUT2D eigenvalue weighted by Crippen LogP contribution is -2.37. The van der Waals surface area contributed by atoms with Gasteiger partial charge in [-0.1, -0.05) is 13.3 Å². The first-order valence-corrected chi connectivity index (χ1v) is 8.02. The first kappa shape index (κ1) is 14.0. The fraction of sp³-hybridized carbons (Fsp3) is 0.786. The molecule has 0 bridgehead atoms. The smallest absolute Gasteiger partial charge is 0.107 e. The van der Waals surface area contributed by atoms with Crippen molar-refractivity contribution in [1.29, 1.82) is 0 Å². The maximum atomic E-state index is 4.59. The van der Waals surface area contributed by atoms with Crippen molar-refractivity contribution >= 4 is 11.3 Å². The topological polar surface area (TPSA) is 28.2 Å². The van der Waals surface area contributed by atoms with E-state index in [1.165, 1.54) is 50.3 Å². The molecule has 1 unspecified atom stereocenters. The van der Waals surface area contributed by atoms with Crippen LogP contribution in [0.5, 0.6) is 0 Å². The summed E-state index contributed by atoms with van der Waals surface area (Å²) in [5.41, 5.74) is 1.16. The molecule has 0 aromatic carbocycles.